The van der Waals surface area contributed by atoms with Gasteiger partial charge in [-0.2, -0.15) is 5.10 Å². The normalized spacial score (nSPS) is 25.6. The summed E-state index contributed by atoms with van der Waals surface area (Å²) >= 11 is 0. The van der Waals surface area contributed by atoms with E-state index in [1.54, 1.807) is 4.68 Å². The fourth-order valence-corrected chi connectivity index (χ4v) is 5.12. The molecule has 3 unspecified atom stereocenters. The lowest BCUT2D eigenvalue weighted by Crippen LogP contribution is -2.62. The van der Waals surface area contributed by atoms with Gasteiger partial charge in [0, 0.05) is 18.5 Å². The van der Waals surface area contributed by atoms with Gasteiger partial charge in [0.2, 0.25) is 11.8 Å². The number of hydrazine groups is 1. The average Bonchev–Trinajstić information content (AvgIpc) is 3.40. The monoisotopic (exact) mass is 451 g/mol. The van der Waals surface area contributed by atoms with Crippen molar-refractivity contribution in [1.29, 1.82) is 0 Å². The van der Waals surface area contributed by atoms with Crippen molar-refractivity contribution >= 4 is 23.3 Å². The van der Waals surface area contributed by atoms with E-state index in [0.717, 1.165) is 37.1 Å². The van der Waals surface area contributed by atoms with E-state index >= 15 is 0 Å². The molecule has 2 aliphatic heterocycles. The Kier molecular flexibility index (Phi) is 5.84. The number of aryl methyl sites for hydroxylation is 3. The van der Waals surface area contributed by atoms with Gasteiger partial charge >= 0.3 is 0 Å². The summed E-state index contributed by atoms with van der Waals surface area (Å²) in [7, 11) is 0. The van der Waals surface area contributed by atoms with E-state index in [1.807, 2.05) is 18.0 Å². The summed E-state index contributed by atoms with van der Waals surface area (Å²) in [5.41, 5.74) is 7.59. The van der Waals surface area contributed by atoms with E-state index < -0.39 is 6.29 Å². The molecule has 2 amide bonds. The number of carbonyl (C=O) groups is 2. The number of benzene rings is 1. The number of hydrogen-bond donors (Lipinski definition) is 4. The van der Waals surface area contributed by atoms with Crippen LogP contribution in [-0.4, -0.2) is 34.3 Å². The fraction of sp³-hybridized carbons (Fsp3) is 0.542. The summed E-state index contributed by atoms with van der Waals surface area (Å²) in [5.74, 6) is 0.401. The van der Waals surface area contributed by atoms with Gasteiger partial charge < -0.3 is 10.6 Å². The van der Waals surface area contributed by atoms with Gasteiger partial charge in [0.25, 0.3) is 0 Å². The molecule has 1 aliphatic carbocycles. The molecule has 4 N–H and O–H groups in total. The summed E-state index contributed by atoms with van der Waals surface area (Å²) in [5, 5.41) is 16.3. The molecule has 2 saturated heterocycles. The Bertz CT molecular complexity index is 1060. The van der Waals surface area contributed by atoms with Gasteiger partial charge in [0.1, 0.15) is 12.0 Å². The molecular formula is C24H33N7O2. The third-order valence-electron chi connectivity index (χ3n) is 7.18. The van der Waals surface area contributed by atoms with Crippen LogP contribution in [0.4, 0.5) is 11.5 Å². The first kappa shape index (κ1) is 21.9. The van der Waals surface area contributed by atoms with Crippen molar-refractivity contribution in [2.75, 3.05) is 16.9 Å². The predicted octanol–water partition coefficient (Wildman–Crippen LogP) is 2.47. The Hall–Kier alpha value is -2.91. The summed E-state index contributed by atoms with van der Waals surface area (Å²) in [6.07, 6.45) is 4.45. The number of rotatable bonds is 4. The van der Waals surface area contributed by atoms with Crippen LogP contribution >= 0.6 is 0 Å². The second-order valence-corrected chi connectivity index (χ2v) is 9.57. The highest BCUT2D eigenvalue weighted by Gasteiger charge is 2.45. The van der Waals surface area contributed by atoms with Gasteiger partial charge in [0.15, 0.2) is 6.29 Å². The van der Waals surface area contributed by atoms with Crippen LogP contribution in [0.25, 0.3) is 0 Å². The number of carbonyl (C=O) groups excluding carboxylic acids is 2. The highest BCUT2D eigenvalue weighted by molar-refractivity contribution is 5.92. The third-order valence-corrected chi connectivity index (χ3v) is 7.18. The van der Waals surface area contributed by atoms with Crippen molar-refractivity contribution < 1.29 is 9.59 Å². The van der Waals surface area contributed by atoms with E-state index in [4.69, 9.17) is 0 Å². The Balaban J connectivity index is 1.37. The standard InChI is InChI=1S/C24H33N7O2/c1-14-9-10-18(11-15(14)2)30-21-19(13-25-30)23(33)28-24(27-21)31-20(12-16(3)29-31)26-22(32)17-7-5-4-6-8-17/h9-12,17,19,21,24-25,27H,4-8,13H2,1-3H3,(H,26,32)(H,28,33). The first-order chi connectivity index (χ1) is 15.9. The van der Waals surface area contributed by atoms with Gasteiger partial charge in [-0.15, -0.1) is 0 Å². The first-order valence-electron chi connectivity index (χ1n) is 11.9. The second-order valence-electron chi connectivity index (χ2n) is 9.57. The molecule has 9 nitrogen and oxygen atoms in total. The van der Waals surface area contributed by atoms with E-state index in [-0.39, 0.29) is 29.8 Å². The Morgan fingerprint density at radius 3 is 2.64 bits per heavy atom. The molecule has 3 heterocycles. The molecule has 1 aromatic heterocycles. The van der Waals surface area contributed by atoms with E-state index in [0.29, 0.717) is 12.4 Å². The average molecular weight is 452 g/mol. The summed E-state index contributed by atoms with van der Waals surface area (Å²) in [6, 6.07) is 8.14. The van der Waals surface area contributed by atoms with Crippen molar-refractivity contribution in [3.8, 4) is 0 Å². The van der Waals surface area contributed by atoms with Gasteiger partial charge in [-0.3, -0.25) is 19.9 Å². The molecule has 33 heavy (non-hydrogen) atoms. The lowest BCUT2D eigenvalue weighted by atomic mass is 9.89. The maximum atomic E-state index is 13.0. The molecular weight excluding hydrogens is 418 g/mol. The van der Waals surface area contributed by atoms with Crippen LogP contribution in [-0.2, 0) is 9.59 Å². The summed E-state index contributed by atoms with van der Waals surface area (Å²) < 4.78 is 1.68. The SMILES string of the molecule is Cc1cc(NC(=O)C2CCCCC2)n(C2NC(=O)C3CNN(c4ccc(C)c(C)c4)C3N2)n1. The van der Waals surface area contributed by atoms with E-state index in [1.165, 1.54) is 17.5 Å². The molecule has 3 atom stereocenters. The molecule has 5 rings (SSSR count). The quantitative estimate of drug-likeness (QED) is 0.570. The van der Waals surface area contributed by atoms with Gasteiger partial charge in [0.05, 0.1) is 17.3 Å². The molecule has 0 radical (unpaired) electrons. The van der Waals surface area contributed by atoms with Crippen LogP contribution in [0.1, 0.15) is 55.2 Å². The molecule has 0 spiro atoms. The van der Waals surface area contributed by atoms with E-state index in [9.17, 15) is 9.59 Å². The zero-order valence-electron chi connectivity index (χ0n) is 19.5. The lowest BCUT2D eigenvalue weighted by Gasteiger charge is -2.37. The van der Waals surface area contributed by atoms with E-state index in [2.05, 4.69) is 58.5 Å². The minimum absolute atomic E-state index is 0.0372. The Morgan fingerprint density at radius 1 is 1.09 bits per heavy atom. The molecule has 0 bridgehead atoms. The van der Waals surface area contributed by atoms with Crippen LogP contribution in [0, 0.1) is 32.6 Å². The molecule has 176 valence electrons. The zero-order chi connectivity index (χ0) is 23.1. The summed E-state index contributed by atoms with van der Waals surface area (Å²) in [4.78, 5) is 25.9. The third kappa shape index (κ3) is 4.22. The number of hydrogen-bond acceptors (Lipinski definition) is 6. The maximum Gasteiger partial charge on any atom is 0.230 e. The molecule has 1 saturated carbocycles. The van der Waals surface area contributed by atoms with Crippen LogP contribution < -0.4 is 26.4 Å². The highest BCUT2D eigenvalue weighted by Crippen LogP contribution is 2.30. The predicted molar refractivity (Wildman–Crippen MR) is 126 cm³/mol. The highest BCUT2D eigenvalue weighted by atomic mass is 16.2. The second kappa shape index (κ2) is 8.79. The van der Waals surface area contributed by atoms with Crippen molar-refractivity contribution in [2.24, 2.45) is 11.8 Å². The van der Waals surface area contributed by atoms with Gasteiger partial charge in [-0.25, -0.2) is 10.1 Å². The Morgan fingerprint density at radius 2 is 1.88 bits per heavy atom. The maximum absolute atomic E-state index is 13.0. The fourth-order valence-electron chi connectivity index (χ4n) is 5.12. The van der Waals surface area contributed by atoms with Gasteiger partial charge in [-0.05, 0) is 56.9 Å². The molecule has 9 heteroatoms. The number of nitrogens with zero attached hydrogens (tertiary/aromatic N) is 3. The van der Waals surface area contributed by atoms with Crippen LogP contribution in [0.2, 0.25) is 0 Å². The van der Waals surface area contributed by atoms with Crippen molar-refractivity contribution in [1.82, 2.24) is 25.8 Å². The molecule has 3 fully saturated rings. The zero-order valence-corrected chi connectivity index (χ0v) is 19.5. The van der Waals surface area contributed by atoms with Crippen molar-refractivity contribution in [2.45, 2.75) is 65.3 Å². The molecule has 2 aromatic rings. The van der Waals surface area contributed by atoms with Crippen LogP contribution in [0.15, 0.2) is 24.3 Å². The van der Waals surface area contributed by atoms with Crippen molar-refractivity contribution in [3.05, 3.63) is 41.1 Å². The number of aromatic nitrogens is 2. The lowest BCUT2D eigenvalue weighted by molar-refractivity contribution is -0.129. The minimum atomic E-state index is -0.567. The number of anilines is 2. The smallest absolute Gasteiger partial charge is 0.230 e. The topological polar surface area (TPSA) is 103 Å². The van der Waals surface area contributed by atoms with Crippen molar-refractivity contribution in [3.63, 3.8) is 0 Å². The number of amides is 2. The van der Waals surface area contributed by atoms with Gasteiger partial charge in [-0.1, -0.05) is 25.3 Å². The minimum Gasteiger partial charge on any atom is -0.321 e. The molecule has 1 aromatic carbocycles. The molecule has 3 aliphatic rings. The number of fused-ring (bicyclic) bond motifs is 1. The number of nitrogens with one attached hydrogen (secondary N) is 4. The summed E-state index contributed by atoms with van der Waals surface area (Å²) in [6.45, 7) is 6.61. The van der Waals surface area contributed by atoms with Crippen LogP contribution in [0.3, 0.4) is 0 Å². The Labute approximate surface area is 194 Å². The van der Waals surface area contributed by atoms with Crippen LogP contribution in [0.5, 0.6) is 0 Å². The largest absolute Gasteiger partial charge is 0.321 e. The first-order valence-corrected chi connectivity index (χ1v) is 11.9.